The zero-order valence-corrected chi connectivity index (χ0v) is 6.19. The summed E-state index contributed by atoms with van der Waals surface area (Å²) in [6.07, 6.45) is 2.81. The van der Waals surface area contributed by atoms with E-state index >= 15 is 0 Å². The topological polar surface area (TPSA) is 12.0 Å². The van der Waals surface area contributed by atoms with Crippen molar-refractivity contribution in [1.29, 1.82) is 0 Å². The highest BCUT2D eigenvalue weighted by Gasteiger charge is 2.73. The van der Waals surface area contributed by atoms with Crippen molar-refractivity contribution in [2.24, 2.45) is 11.8 Å². The second-order valence-corrected chi connectivity index (χ2v) is 4.09. The second kappa shape index (κ2) is 1.60. The van der Waals surface area contributed by atoms with Crippen molar-refractivity contribution >= 4 is 0 Å². The minimum absolute atomic E-state index is 0.147. The number of alkyl halides is 2. The summed E-state index contributed by atoms with van der Waals surface area (Å²) in [5.74, 6) is -2.88. The van der Waals surface area contributed by atoms with E-state index in [0.29, 0.717) is 12.5 Å². The quantitative estimate of drug-likeness (QED) is 0.563. The molecule has 3 rings (SSSR count). The van der Waals surface area contributed by atoms with Gasteiger partial charge in [0.2, 0.25) is 0 Å². The smallest absolute Gasteiger partial charge is 0.256 e. The summed E-state index contributed by atoms with van der Waals surface area (Å²) in [6, 6.07) is 0.559. The van der Waals surface area contributed by atoms with Crippen LogP contribution in [0.1, 0.15) is 19.3 Å². The standard InChI is InChI=1S/C8H11F2N/c9-8(10)5-3-4-1-2-6(11-4)7(5)8/h4-7,11H,1-3H2/t4-,5+,6-,7-/m1/s1. The number of halogens is 2. The van der Waals surface area contributed by atoms with Crippen molar-refractivity contribution in [3.8, 4) is 0 Å². The average molecular weight is 159 g/mol. The summed E-state index contributed by atoms with van der Waals surface area (Å²) in [5.41, 5.74) is 0. The fourth-order valence-electron chi connectivity index (χ4n) is 2.89. The first kappa shape index (κ1) is 6.35. The fourth-order valence-corrected chi connectivity index (χ4v) is 2.89. The zero-order valence-electron chi connectivity index (χ0n) is 6.19. The molecule has 2 bridgehead atoms. The van der Waals surface area contributed by atoms with Gasteiger partial charge in [-0.3, -0.25) is 0 Å². The summed E-state index contributed by atoms with van der Waals surface area (Å²) >= 11 is 0. The van der Waals surface area contributed by atoms with Crippen LogP contribution >= 0.6 is 0 Å². The average Bonchev–Trinajstić information content (AvgIpc) is 2.37. The van der Waals surface area contributed by atoms with Gasteiger partial charge in [-0.1, -0.05) is 0 Å². The molecule has 3 aliphatic rings. The van der Waals surface area contributed by atoms with Crippen LogP contribution in [0, 0.1) is 11.8 Å². The first-order chi connectivity index (χ1) is 5.19. The molecule has 11 heavy (non-hydrogen) atoms. The maximum absolute atomic E-state index is 12.9. The Labute approximate surface area is 64.2 Å². The lowest BCUT2D eigenvalue weighted by molar-refractivity contribution is 0.0803. The van der Waals surface area contributed by atoms with Crippen molar-refractivity contribution in [2.45, 2.75) is 37.3 Å². The van der Waals surface area contributed by atoms with Crippen molar-refractivity contribution < 1.29 is 8.78 Å². The molecular formula is C8H11F2N. The van der Waals surface area contributed by atoms with E-state index in [2.05, 4.69) is 5.32 Å². The van der Waals surface area contributed by atoms with Gasteiger partial charge < -0.3 is 5.32 Å². The third-order valence-corrected chi connectivity index (χ3v) is 3.51. The fraction of sp³-hybridized carbons (Fsp3) is 1.00. The first-order valence-corrected chi connectivity index (χ1v) is 4.33. The monoisotopic (exact) mass is 159 g/mol. The van der Waals surface area contributed by atoms with Gasteiger partial charge in [-0.2, -0.15) is 0 Å². The molecular weight excluding hydrogens is 148 g/mol. The van der Waals surface area contributed by atoms with Crippen LogP contribution in [0.25, 0.3) is 0 Å². The highest BCUT2D eigenvalue weighted by molar-refractivity contribution is 5.17. The van der Waals surface area contributed by atoms with Gasteiger partial charge in [0, 0.05) is 23.9 Å². The Morgan fingerprint density at radius 2 is 2.09 bits per heavy atom. The van der Waals surface area contributed by atoms with E-state index in [0.717, 1.165) is 12.8 Å². The lowest BCUT2D eigenvalue weighted by Gasteiger charge is -2.17. The molecule has 2 saturated heterocycles. The molecule has 1 N–H and O–H groups in total. The molecule has 0 spiro atoms. The molecule has 62 valence electrons. The summed E-state index contributed by atoms with van der Waals surface area (Å²) in [6.45, 7) is 0. The lowest BCUT2D eigenvalue weighted by Crippen LogP contribution is -2.35. The zero-order chi connectivity index (χ0) is 7.64. The molecule has 0 aromatic heterocycles. The molecule has 1 aliphatic carbocycles. The van der Waals surface area contributed by atoms with Crippen LogP contribution in [0.4, 0.5) is 8.78 Å². The lowest BCUT2D eigenvalue weighted by atomic mass is 10.1. The SMILES string of the molecule is FC1(F)[C@H]2[C@H]3CC[C@H](C[C@@H]21)N3. The highest BCUT2D eigenvalue weighted by Crippen LogP contribution is 2.63. The van der Waals surface area contributed by atoms with Crippen LogP contribution in [0.2, 0.25) is 0 Å². The van der Waals surface area contributed by atoms with Crippen LogP contribution in [-0.2, 0) is 0 Å². The van der Waals surface area contributed by atoms with Crippen LogP contribution < -0.4 is 5.32 Å². The first-order valence-electron chi connectivity index (χ1n) is 4.33. The molecule has 3 fully saturated rings. The van der Waals surface area contributed by atoms with Gasteiger partial charge in [0.05, 0.1) is 0 Å². The van der Waals surface area contributed by atoms with Gasteiger partial charge in [0.15, 0.2) is 0 Å². The largest absolute Gasteiger partial charge is 0.311 e. The second-order valence-electron chi connectivity index (χ2n) is 4.09. The van der Waals surface area contributed by atoms with Crippen LogP contribution in [0.3, 0.4) is 0 Å². The van der Waals surface area contributed by atoms with E-state index in [-0.39, 0.29) is 17.9 Å². The third-order valence-electron chi connectivity index (χ3n) is 3.51. The van der Waals surface area contributed by atoms with E-state index < -0.39 is 5.92 Å². The van der Waals surface area contributed by atoms with Crippen molar-refractivity contribution in [1.82, 2.24) is 5.32 Å². The van der Waals surface area contributed by atoms with Gasteiger partial charge >= 0.3 is 0 Å². The summed E-state index contributed by atoms with van der Waals surface area (Å²) in [5, 5.41) is 3.26. The normalized spacial score (nSPS) is 57.3. The minimum Gasteiger partial charge on any atom is -0.311 e. The predicted octanol–water partition coefficient (Wildman–Crippen LogP) is 1.39. The summed E-state index contributed by atoms with van der Waals surface area (Å²) < 4.78 is 25.8. The van der Waals surface area contributed by atoms with Crippen LogP contribution in [0.15, 0.2) is 0 Å². The van der Waals surface area contributed by atoms with E-state index in [1.807, 2.05) is 0 Å². The van der Waals surface area contributed by atoms with Gasteiger partial charge in [0.25, 0.3) is 5.92 Å². The number of fused-ring (bicyclic) bond motifs is 4. The molecule has 1 saturated carbocycles. The van der Waals surface area contributed by atoms with Crippen molar-refractivity contribution in [2.75, 3.05) is 0 Å². The van der Waals surface area contributed by atoms with E-state index in [1.54, 1.807) is 0 Å². The maximum atomic E-state index is 12.9. The number of hydrogen-bond donors (Lipinski definition) is 1. The number of hydrogen-bond acceptors (Lipinski definition) is 1. The molecule has 4 atom stereocenters. The van der Waals surface area contributed by atoms with Crippen LogP contribution in [-0.4, -0.2) is 18.0 Å². The summed E-state index contributed by atoms with van der Waals surface area (Å²) in [4.78, 5) is 0. The third kappa shape index (κ3) is 0.632. The molecule has 3 heteroatoms. The number of rotatable bonds is 0. The molecule has 2 aliphatic heterocycles. The maximum Gasteiger partial charge on any atom is 0.256 e. The predicted molar refractivity (Wildman–Crippen MR) is 36.5 cm³/mol. The number of nitrogens with one attached hydrogen (secondary N) is 1. The molecule has 0 aromatic carbocycles. The molecule has 0 unspecified atom stereocenters. The van der Waals surface area contributed by atoms with E-state index in [9.17, 15) is 8.78 Å². The molecule has 1 nitrogen and oxygen atoms in total. The van der Waals surface area contributed by atoms with E-state index in [4.69, 9.17) is 0 Å². The molecule has 0 radical (unpaired) electrons. The Morgan fingerprint density at radius 1 is 1.27 bits per heavy atom. The summed E-state index contributed by atoms with van der Waals surface area (Å²) in [7, 11) is 0. The molecule has 2 heterocycles. The van der Waals surface area contributed by atoms with Gasteiger partial charge in [0.1, 0.15) is 0 Å². The van der Waals surface area contributed by atoms with Gasteiger partial charge in [-0.25, -0.2) is 8.78 Å². The van der Waals surface area contributed by atoms with Crippen LogP contribution in [0.5, 0.6) is 0 Å². The van der Waals surface area contributed by atoms with Crippen molar-refractivity contribution in [3.05, 3.63) is 0 Å². The van der Waals surface area contributed by atoms with Crippen molar-refractivity contribution in [3.63, 3.8) is 0 Å². The Balaban J connectivity index is 1.90. The molecule has 0 aromatic rings. The highest BCUT2D eigenvalue weighted by atomic mass is 19.3. The van der Waals surface area contributed by atoms with Gasteiger partial charge in [-0.05, 0) is 19.3 Å². The Morgan fingerprint density at radius 3 is 2.91 bits per heavy atom. The minimum atomic E-state index is -2.31. The van der Waals surface area contributed by atoms with Gasteiger partial charge in [-0.15, -0.1) is 0 Å². The van der Waals surface area contributed by atoms with E-state index in [1.165, 1.54) is 0 Å². The Kier molecular flexibility index (Phi) is 0.926. The Hall–Kier alpha value is -0.180. The Bertz CT molecular complexity index is 202. The molecule has 0 amide bonds. The number of piperidine rings is 1.